The lowest BCUT2D eigenvalue weighted by Gasteiger charge is -2.27. The third-order valence-corrected chi connectivity index (χ3v) is 3.52. The first-order valence-electron chi connectivity index (χ1n) is 5.88. The zero-order valence-corrected chi connectivity index (χ0v) is 11.9. The molecule has 1 heterocycles. The summed E-state index contributed by atoms with van der Waals surface area (Å²) in [4.78, 5) is 11.1. The number of thioether (sulfide) groups is 1. The summed E-state index contributed by atoms with van der Waals surface area (Å²) in [7, 11) is 2.06. The van der Waals surface area contributed by atoms with Crippen LogP contribution in [0, 0.1) is 6.92 Å². The van der Waals surface area contributed by atoms with Gasteiger partial charge in [-0.15, -0.1) is 0 Å². The summed E-state index contributed by atoms with van der Waals surface area (Å²) in [6.45, 7) is 4.63. The molecule has 96 valence electrons. The van der Waals surface area contributed by atoms with Gasteiger partial charge in [0.15, 0.2) is 0 Å². The van der Waals surface area contributed by atoms with Crippen molar-refractivity contribution in [1.29, 1.82) is 0 Å². The molecule has 1 atom stereocenters. The van der Waals surface area contributed by atoms with Crippen molar-refractivity contribution in [2.45, 2.75) is 32.9 Å². The lowest BCUT2D eigenvalue weighted by molar-refractivity contribution is 0.653. The predicted molar refractivity (Wildman–Crippen MR) is 75.5 cm³/mol. The van der Waals surface area contributed by atoms with Gasteiger partial charge in [0.05, 0.1) is 5.69 Å². The van der Waals surface area contributed by atoms with Crippen LogP contribution in [0.15, 0.2) is 6.07 Å². The molecule has 1 rings (SSSR count). The molecule has 0 saturated heterocycles. The van der Waals surface area contributed by atoms with Crippen molar-refractivity contribution < 1.29 is 0 Å². The van der Waals surface area contributed by atoms with Gasteiger partial charge in [-0.3, -0.25) is 0 Å². The Balaban J connectivity index is 2.93. The number of aromatic nitrogens is 2. The number of rotatable bonds is 6. The second-order valence-electron chi connectivity index (χ2n) is 4.13. The summed E-state index contributed by atoms with van der Waals surface area (Å²) in [6.07, 6.45) is 3.21. The zero-order chi connectivity index (χ0) is 12.8. The summed E-state index contributed by atoms with van der Waals surface area (Å²) < 4.78 is 0. The minimum Gasteiger partial charge on any atom is -0.340 e. The molecule has 0 fully saturated rings. The van der Waals surface area contributed by atoms with E-state index in [0.29, 0.717) is 12.6 Å². The van der Waals surface area contributed by atoms with Crippen LogP contribution in [0.3, 0.4) is 0 Å². The number of hydrogen-bond acceptors (Lipinski definition) is 5. The Hall–Kier alpha value is -0.810. The lowest BCUT2D eigenvalue weighted by Crippen LogP contribution is -2.34. The van der Waals surface area contributed by atoms with E-state index >= 15 is 0 Å². The summed E-state index contributed by atoms with van der Waals surface area (Å²) >= 11 is 1.85. The van der Waals surface area contributed by atoms with E-state index < -0.39 is 0 Å². The monoisotopic (exact) mass is 254 g/mol. The van der Waals surface area contributed by atoms with E-state index in [1.54, 1.807) is 0 Å². The van der Waals surface area contributed by atoms with Crippen LogP contribution in [0.1, 0.15) is 24.7 Å². The zero-order valence-electron chi connectivity index (χ0n) is 11.1. The molecule has 0 bridgehead atoms. The van der Waals surface area contributed by atoms with E-state index in [2.05, 4.69) is 35.1 Å². The molecule has 5 heteroatoms. The van der Waals surface area contributed by atoms with Crippen LogP contribution < -0.4 is 10.6 Å². The molecular formula is C12H22N4S. The van der Waals surface area contributed by atoms with Crippen LogP contribution in [0.5, 0.6) is 0 Å². The number of hydrogen-bond donors (Lipinski definition) is 1. The molecule has 2 N–H and O–H groups in total. The molecule has 0 spiro atoms. The number of nitrogens with two attached hydrogens (primary N) is 1. The largest absolute Gasteiger partial charge is 0.340 e. The number of anilines is 1. The quantitative estimate of drug-likeness (QED) is 0.839. The fourth-order valence-corrected chi connectivity index (χ4v) is 2.58. The average Bonchev–Trinajstić information content (AvgIpc) is 2.34. The standard InChI is InChI=1S/C12H22N4S/c1-5-11(8-17-4)16(3)12-14-9(2)6-10(7-13)15-12/h6,11H,5,7-8,13H2,1-4H3. The SMILES string of the molecule is CCC(CSC)N(C)c1nc(C)cc(CN)n1. The maximum Gasteiger partial charge on any atom is 0.225 e. The van der Waals surface area contributed by atoms with Crippen molar-refractivity contribution in [2.24, 2.45) is 5.73 Å². The maximum absolute atomic E-state index is 5.64. The van der Waals surface area contributed by atoms with E-state index in [4.69, 9.17) is 5.73 Å². The van der Waals surface area contributed by atoms with Crippen molar-refractivity contribution in [2.75, 3.05) is 24.0 Å². The molecule has 0 amide bonds. The van der Waals surface area contributed by atoms with Gasteiger partial charge in [0.2, 0.25) is 5.95 Å². The van der Waals surface area contributed by atoms with Gasteiger partial charge in [0.25, 0.3) is 0 Å². The summed E-state index contributed by atoms with van der Waals surface area (Å²) in [5.41, 5.74) is 7.52. The highest BCUT2D eigenvalue weighted by molar-refractivity contribution is 7.98. The van der Waals surface area contributed by atoms with E-state index in [1.165, 1.54) is 0 Å². The second kappa shape index (κ2) is 6.81. The molecule has 0 saturated carbocycles. The Morgan fingerprint density at radius 2 is 2.18 bits per heavy atom. The molecule has 4 nitrogen and oxygen atoms in total. The molecule has 0 aliphatic rings. The van der Waals surface area contributed by atoms with Crippen molar-refractivity contribution in [3.8, 4) is 0 Å². The Labute approximate surface area is 108 Å². The summed E-state index contributed by atoms with van der Waals surface area (Å²) in [5, 5.41) is 0. The van der Waals surface area contributed by atoms with Crippen LogP contribution in [0.25, 0.3) is 0 Å². The Kier molecular flexibility index (Phi) is 5.71. The van der Waals surface area contributed by atoms with Crippen LogP contribution in [0.2, 0.25) is 0 Å². The first kappa shape index (κ1) is 14.3. The summed E-state index contributed by atoms with van der Waals surface area (Å²) in [6, 6.07) is 2.41. The molecular weight excluding hydrogens is 232 g/mol. The molecule has 1 aromatic heterocycles. The highest BCUT2D eigenvalue weighted by Gasteiger charge is 2.15. The smallest absolute Gasteiger partial charge is 0.225 e. The van der Waals surface area contributed by atoms with E-state index in [1.807, 2.05) is 24.8 Å². The molecule has 0 aliphatic carbocycles. The van der Waals surface area contributed by atoms with Gasteiger partial charge in [0, 0.05) is 31.1 Å². The van der Waals surface area contributed by atoms with Crippen LogP contribution >= 0.6 is 11.8 Å². The Morgan fingerprint density at radius 3 is 2.71 bits per heavy atom. The van der Waals surface area contributed by atoms with Crippen molar-refractivity contribution in [3.63, 3.8) is 0 Å². The first-order chi connectivity index (χ1) is 8.12. The maximum atomic E-state index is 5.64. The predicted octanol–water partition coefficient (Wildman–Crippen LogP) is 1.82. The third kappa shape index (κ3) is 3.85. The van der Waals surface area contributed by atoms with Crippen LogP contribution in [-0.4, -0.2) is 35.1 Å². The molecule has 0 radical (unpaired) electrons. The fraction of sp³-hybridized carbons (Fsp3) is 0.667. The Bertz CT molecular complexity index is 356. The van der Waals surface area contributed by atoms with Gasteiger partial charge in [-0.1, -0.05) is 6.92 Å². The van der Waals surface area contributed by atoms with Crippen molar-refractivity contribution in [1.82, 2.24) is 9.97 Å². The van der Waals surface area contributed by atoms with Crippen molar-refractivity contribution >= 4 is 17.7 Å². The first-order valence-corrected chi connectivity index (χ1v) is 7.28. The topological polar surface area (TPSA) is 55.0 Å². The van der Waals surface area contributed by atoms with Gasteiger partial charge >= 0.3 is 0 Å². The minimum atomic E-state index is 0.462. The molecule has 0 aliphatic heterocycles. The van der Waals surface area contributed by atoms with Gasteiger partial charge in [-0.05, 0) is 25.7 Å². The molecule has 0 aromatic carbocycles. The van der Waals surface area contributed by atoms with Crippen molar-refractivity contribution in [3.05, 3.63) is 17.5 Å². The van der Waals surface area contributed by atoms with E-state index in [9.17, 15) is 0 Å². The van der Waals surface area contributed by atoms with E-state index in [0.717, 1.165) is 29.5 Å². The highest BCUT2D eigenvalue weighted by atomic mass is 32.2. The summed E-state index contributed by atoms with van der Waals surface area (Å²) in [5.74, 6) is 1.87. The number of nitrogens with zero attached hydrogens (tertiary/aromatic N) is 3. The van der Waals surface area contributed by atoms with Crippen LogP contribution in [0.4, 0.5) is 5.95 Å². The molecule has 1 aromatic rings. The number of aryl methyl sites for hydroxylation is 1. The normalized spacial score (nSPS) is 12.5. The third-order valence-electron chi connectivity index (χ3n) is 2.80. The van der Waals surface area contributed by atoms with Gasteiger partial charge < -0.3 is 10.6 Å². The van der Waals surface area contributed by atoms with Gasteiger partial charge in [-0.2, -0.15) is 11.8 Å². The molecule has 17 heavy (non-hydrogen) atoms. The highest BCUT2D eigenvalue weighted by Crippen LogP contribution is 2.15. The molecule has 1 unspecified atom stereocenters. The van der Waals surface area contributed by atoms with Crippen LogP contribution in [-0.2, 0) is 6.54 Å². The van der Waals surface area contributed by atoms with Gasteiger partial charge in [0.1, 0.15) is 0 Å². The second-order valence-corrected chi connectivity index (χ2v) is 5.04. The van der Waals surface area contributed by atoms with Gasteiger partial charge in [-0.25, -0.2) is 9.97 Å². The lowest BCUT2D eigenvalue weighted by atomic mass is 10.2. The minimum absolute atomic E-state index is 0.462. The Morgan fingerprint density at radius 1 is 1.47 bits per heavy atom. The average molecular weight is 254 g/mol. The fourth-order valence-electron chi connectivity index (χ4n) is 1.74. The van der Waals surface area contributed by atoms with E-state index in [-0.39, 0.29) is 0 Å².